The van der Waals surface area contributed by atoms with Crippen molar-refractivity contribution >= 4 is 26.7 Å². The van der Waals surface area contributed by atoms with Gasteiger partial charge in [0.25, 0.3) is 10.0 Å². The lowest BCUT2D eigenvalue weighted by Gasteiger charge is -2.19. The predicted molar refractivity (Wildman–Crippen MR) is 124 cm³/mol. The maximum atomic E-state index is 13.2. The number of aromatic nitrogens is 3. The maximum Gasteiger partial charge on any atom is 0.263 e. The third-order valence-corrected chi connectivity index (χ3v) is 6.83. The Balaban J connectivity index is 1.79. The highest BCUT2D eigenvalue weighted by Gasteiger charge is 2.23. The molecule has 0 atom stereocenters. The van der Waals surface area contributed by atoms with Gasteiger partial charge in [-0.15, -0.1) is 0 Å². The number of nitrogens with one attached hydrogen (secondary N) is 1. The summed E-state index contributed by atoms with van der Waals surface area (Å²) in [5.41, 5.74) is 4.13. The number of rotatable bonds is 4. The largest absolute Gasteiger partial charge is 0.263 e. The van der Waals surface area contributed by atoms with Gasteiger partial charge in [0.15, 0.2) is 0 Å². The van der Waals surface area contributed by atoms with Gasteiger partial charge in [-0.2, -0.15) is 5.10 Å². The average molecular weight is 435 g/mol. The normalized spacial score (nSPS) is 12.3. The van der Waals surface area contributed by atoms with Crippen molar-refractivity contribution in [3.8, 4) is 5.69 Å². The molecule has 0 fully saturated rings. The van der Waals surface area contributed by atoms with Crippen molar-refractivity contribution in [1.82, 2.24) is 14.8 Å². The minimum atomic E-state index is -3.79. The lowest BCUT2D eigenvalue weighted by atomic mass is 9.87. The predicted octanol–water partition coefficient (Wildman–Crippen LogP) is 5.14. The first kappa shape index (κ1) is 21.1. The summed E-state index contributed by atoms with van der Waals surface area (Å²) in [6, 6.07) is 16.5. The molecule has 2 heterocycles. The van der Waals surface area contributed by atoms with Crippen LogP contribution in [0.15, 0.2) is 65.7 Å². The van der Waals surface area contributed by atoms with Crippen LogP contribution < -0.4 is 4.72 Å². The molecule has 0 aliphatic heterocycles. The number of benzene rings is 2. The molecule has 4 aromatic rings. The van der Waals surface area contributed by atoms with E-state index in [9.17, 15) is 8.42 Å². The first-order chi connectivity index (χ1) is 14.6. The van der Waals surface area contributed by atoms with Crippen molar-refractivity contribution in [2.24, 2.45) is 0 Å². The van der Waals surface area contributed by atoms with E-state index in [1.54, 1.807) is 23.0 Å². The van der Waals surface area contributed by atoms with Gasteiger partial charge < -0.3 is 0 Å². The fourth-order valence-electron chi connectivity index (χ4n) is 3.49. The van der Waals surface area contributed by atoms with Gasteiger partial charge in [0, 0.05) is 17.1 Å². The lowest BCUT2D eigenvalue weighted by molar-refractivity contribution is 0.587. The molecule has 31 heavy (non-hydrogen) atoms. The minimum absolute atomic E-state index is 0.0511. The average Bonchev–Trinajstić information content (AvgIpc) is 3.00. The summed E-state index contributed by atoms with van der Waals surface area (Å²) in [6.45, 7) is 10.0. The van der Waals surface area contributed by atoms with E-state index in [0.717, 1.165) is 33.4 Å². The van der Waals surface area contributed by atoms with E-state index in [0.29, 0.717) is 5.82 Å². The second kappa shape index (κ2) is 7.50. The van der Waals surface area contributed by atoms with Crippen LogP contribution in [0, 0.1) is 13.8 Å². The first-order valence-electron chi connectivity index (χ1n) is 10.1. The molecule has 0 bridgehead atoms. The Morgan fingerprint density at radius 3 is 2.32 bits per heavy atom. The number of pyridine rings is 1. The van der Waals surface area contributed by atoms with Gasteiger partial charge in [0.1, 0.15) is 5.82 Å². The molecule has 2 aromatic carbocycles. The zero-order valence-corrected chi connectivity index (χ0v) is 19.2. The van der Waals surface area contributed by atoms with E-state index >= 15 is 0 Å². The zero-order valence-electron chi connectivity index (χ0n) is 18.3. The third kappa shape index (κ3) is 3.93. The van der Waals surface area contributed by atoms with E-state index in [2.05, 4.69) is 35.6 Å². The van der Waals surface area contributed by atoms with E-state index in [1.165, 1.54) is 0 Å². The number of nitrogens with zero attached hydrogens (tertiary/aromatic N) is 3. The van der Waals surface area contributed by atoms with Crippen molar-refractivity contribution in [2.75, 3.05) is 4.72 Å². The Labute approximate surface area is 183 Å². The molecule has 0 amide bonds. The number of hydrogen-bond donors (Lipinski definition) is 1. The van der Waals surface area contributed by atoms with Crippen LogP contribution in [-0.4, -0.2) is 23.2 Å². The molecule has 0 unspecified atom stereocenters. The fraction of sp³-hybridized carbons (Fsp3) is 0.250. The Morgan fingerprint density at radius 2 is 1.65 bits per heavy atom. The summed E-state index contributed by atoms with van der Waals surface area (Å²) in [7, 11) is -3.79. The van der Waals surface area contributed by atoms with Crippen LogP contribution >= 0.6 is 0 Å². The molecule has 0 radical (unpaired) electrons. The first-order valence-corrected chi connectivity index (χ1v) is 11.6. The summed E-state index contributed by atoms with van der Waals surface area (Å²) in [5.74, 6) is 0.425. The third-order valence-electron chi connectivity index (χ3n) is 5.47. The summed E-state index contributed by atoms with van der Waals surface area (Å²) >= 11 is 0. The van der Waals surface area contributed by atoms with Crippen LogP contribution in [0.25, 0.3) is 16.6 Å². The minimum Gasteiger partial charge on any atom is -0.263 e. The SMILES string of the molecule is Cc1nn(-c2cccc3ncccc23)c(NS(=O)(=O)c2ccc(C(C)(C)C)cc2)c1C. The van der Waals surface area contributed by atoms with Crippen molar-refractivity contribution < 1.29 is 8.42 Å². The quantitative estimate of drug-likeness (QED) is 0.483. The maximum absolute atomic E-state index is 13.2. The molecular weight excluding hydrogens is 408 g/mol. The van der Waals surface area contributed by atoms with Gasteiger partial charge >= 0.3 is 0 Å². The molecule has 0 saturated carbocycles. The molecule has 0 aliphatic rings. The van der Waals surface area contributed by atoms with E-state index < -0.39 is 10.0 Å². The number of fused-ring (bicyclic) bond motifs is 1. The molecule has 6 nitrogen and oxygen atoms in total. The zero-order chi connectivity index (χ0) is 22.4. The van der Waals surface area contributed by atoms with Gasteiger partial charge in [-0.1, -0.05) is 39.0 Å². The molecule has 160 valence electrons. The molecule has 0 aliphatic carbocycles. The van der Waals surface area contributed by atoms with Crippen molar-refractivity contribution in [2.45, 2.75) is 44.9 Å². The monoisotopic (exact) mass is 434 g/mol. The van der Waals surface area contributed by atoms with Gasteiger partial charge in [-0.05, 0) is 61.2 Å². The Kier molecular flexibility index (Phi) is 5.09. The second-order valence-electron chi connectivity index (χ2n) is 8.70. The molecule has 0 saturated heterocycles. The molecule has 4 rings (SSSR count). The Bertz CT molecular complexity index is 1360. The van der Waals surface area contributed by atoms with Gasteiger partial charge in [-0.3, -0.25) is 9.71 Å². The number of sulfonamides is 1. The molecule has 2 aromatic heterocycles. The van der Waals surface area contributed by atoms with Crippen molar-refractivity contribution in [3.63, 3.8) is 0 Å². The van der Waals surface area contributed by atoms with Crippen molar-refractivity contribution in [3.05, 3.63) is 77.6 Å². The van der Waals surface area contributed by atoms with Crippen LogP contribution in [0.4, 0.5) is 5.82 Å². The van der Waals surface area contributed by atoms with Gasteiger partial charge in [-0.25, -0.2) is 13.1 Å². The van der Waals surface area contributed by atoms with E-state index in [4.69, 9.17) is 0 Å². The lowest BCUT2D eigenvalue weighted by Crippen LogP contribution is -2.17. The summed E-state index contributed by atoms with van der Waals surface area (Å²) in [4.78, 5) is 4.61. The van der Waals surface area contributed by atoms with Crippen LogP contribution in [-0.2, 0) is 15.4 Å². The fourth-order valence-corrected chi connectivity index (χ4v) is 4.60. The second-order valence-corrected chi connectivity index (χ2v) is 10.4. The van der Waals surface area contributed by atoms with E-state index in [-0.39, 0.29) is 10.3 Å². The highest BCUT2D eigenvalue weighted by molar-refractivity contribution is 7.92. The van der Waals surface area contributed by atoms with Crippen LogP contribution in [0.2, 0.25) is 0 Å². The molecule has 1 N–H and O–H groups in total. The van der Waals surface area contributed by atoms with Crippen LogP contribution in [0.3, 0.4) is 0 Å². The summed E-state index contributed by atoms with van der Waals surface area (Å²) in [5, 5.41) is 5.51. The van der Waals surface area contributed by atoms with Crippen LogP contribution in [0.1, 0.15) is 37.6 Å². The smallest absolute Gasteiger partial charge is 0.263 e. The molecule has 0 spiro atoms. The topological polar surface area (TPSA) is 76.9 Å². The van der Waals surface area contributed by atoms with Crippen LogP contribution in [0.5, 0.6) is 0 Å². The summed E-state index contributed by atoms with van der Waals surface area (Å²) < 4.78 is 30.8. The molecule has 7 heteroatoms. The highest BCUT2D eigenvalue weighted by atomic mass is 32.2. The number of aryl methyl sites for hydroxylation is 1. The number of hydrogen-bond acceptors (Lipinski definition) is 4. The summed E-state index contributed by atoms with van der Waals surface area (Å²) in [6.07, 6.45) is 1.73. The van der Waals surface area contributed by atoms with Gasteiger partial charge in [0.2, 0.25) is 0 Å². The Hall–Kier alpha value is -3.19. The molecular formula is C24H26N4O2S. The van der Waals surface area contributed by atoms with Gasteiger partial charge in [0.05, 0.1) is 21.8 Å². The highest BCUT2D eigenvalue weighted by Crippen LogP contribution is 2.30. The Morgan fingerprint density at radius 1 is 0.935 bits per heavy atom. The van der Waals surface area contributed by atoms with E-state index in [1.807, 2.05) is 56.3 Å². The standard InChI is InChI=1S/C24H26N4O2S/c1-16-17(2)26-28(22-10-6-9-21-20(22)8-7-15-25-21)23(16)27-31(29,30)19-13-11-18(12-14-19)24(3,4)5/h6-15,27H,1-5H3. The van der Waals surface area contributed by atoms with Crippen molar-refractivity contribution in [1.29, 1.82) is 0 Å². The number of anilines is 1.